The summed E-state index contributed by atoms with van der Waals surface area (Å²) >= 11 is 0. The molecule has 7 heteroatoms. The summed E-state index contributed by atoms with van der Waals surface area (Å²) in [7, 11) is 0. The third kappa shape index (κ3) is 2.46. The number of hydrogen-bond donors (Lipinski definition) is 2. The van der Waals surface area contributed by atoms with Crippen molar-refractivity contribution < 1.29 is 27.9 Å². The average Bonchev–Trinajstić information content (AvgIpc) is 2.13. The lowest BCUT2D eigenvalue weighted by atomic mass is 10.3. The van der Waals surface area contributed by atoms with E-state index < -0.39 is 35.0 Å². The van der Waals surface area contributed by atoms with E-state index in [1.165, 1.54) is 5.32 Å². The number of rotatable bonds is 1. The second-order valence-corrected chi connectivity index (χ2v) is 2.51. The number of amides is 1. The SMILES string of the molecule is O=C(O)C(=O)Nc1cc(F)cc(F)c1F. The van der Waals surface area contributed by atoms with Gasteiger partial charge in [-0.05, 0) is 0 Å². The second kappa shape index (κ2) is 3.99. The van der Waals surface area contributed by atoms with Gasteiger partial charge in [-0.3, -0.25) is 4.79 Å². The van der Waals surface area contributed by atoms with Gasteiger partial charge in [-0.25, -0.2) is 18.0 Å². The molecular formula is C8H4F3NO3. The zero-order valence-electron chi connectivity index (χ0n) is 7.05. The van der Waals surface area contributed by atoms with Crippen LogP contribution in [0.5, 0.6) is 0 Å². The molecule has 0 aliphatic heterocycles. The van der Waals surface area contributed by atoms with Gasteiger partial charge in [0.1, 0.15) is 5.82 Å². The number of carbonyl (C=O) groups excluding carboxylic acids is 1. The molecule has 0 saturated carbocycles. The van der Waals surface area contributed by atoms with E-state index in [0.29, 0.717) is 6.07 Å². The van der Waals surface area contributed by atoms with Gasteiger partial charge < -0.3 is 10.4 Å². The fraction of sp³-hybridized carbons (Fsp3) is 0. The smallest absolute Gasteiger partial charge is 0.394 e. The topological polar surface area (TPSA) is 66.4 Å². The Morgan fingerprint density at radius 2 is 1.80 bits per heavy atom. The van der Waals surface area contributed by atoms with Crippen LogP contribution in [0, 0.1) is 17.5 Å². The van der Waals surface area contributed by atoms with Crippen LogP contribution in [0.1, 0.15) is 0 Å². The van der Waals surface area contributed by atoms with Crippen molar-refractivity contribution >= 4 is 17.6 Å². The molecule has 1 aromatic carbocycles. The highest BCUT2D eigenvalue weighted by atomic mass is 19.2. The molecule has 0 fully saturated rings. The summed E-state index contributed by atoms with van der Waals surface area (Å²) in [5, 5.41) is 9.65. The lowest BCUT2D eigenvalue weighted by Crippen LogP contribution is -2.22. The number of halogens is 3. The molecular weight excluding hydrogens is 215 g/mol. The predicted molar refractivity (Wildman–Crippen MR) is 42.6 cm³/mol. The zero-order valence-corrected chi connectivity index (χ0v) is 7.05. The number of anilines is 1. The molecule has 80 valence electrons. The Kier molecular flexibility index (Phi) is 2.93. The highest BCUT2D eigenvalue weighted by Crippen LogP contribution is 2.18. The number of nitrogens with one attached hydrogen (secondary N) is 1. The van der Waals surface area contributed by atoms with Gasteiger partial charge in [0.25, 0.3) is 0 Å². The molecule has 0 bridgehead atoms. The summed E-state index contributed by atoms with van der Waals surface area (Å²) in [5.41, 5.74) is -0.861. The average molecular weight is 219 g/mol. The lowest BCUT2D eigenvalue weighted by molar-refractivity contribution is -0.147. The molecule has 0 atom stereocenters. The van der Waals surface area contributed by atoms with E-state index in [4.69, 9.17) is 5.11 Å². The maximum atomic E-state index is 12.9. The Morgan fingerprint density at radius 3 is 2.33 bits per heavy atom. The Bertz CT molecular complexity index is 433. The molecule has 0 radical (unpaired) electrons. The van der Waals surface area contributed by atoms with E-state index in [1.54, 1.807) is 0 Å². The monoisotopic (exact) mass is 219 g/mol. The quantitative estimate of drug-likeness (QED) is 0.549. The van der Waals surface area contributed by atoms with Gasteiger partial charge in [0.05, 0.1) is 5.69 Å². The van der Waals surface area contributed by atoms with Crippen LogP contribution >= 0.6 is 0 Å². The largest absolute Gasteiger partial charge is 0.474 e. The standard InChI is InChI=1S/C8H4F3NO3/c9-3-1-4(10)6(11)5(2-3)12-7(13)8(14)15/h1-2H,(H,12,13)(H,14,15). The molecule has 4 nitrogen and oxygen atoms in total. The van der Waals surface area contributed by atoms with Crippen molar-refractivity contribution in [1.29, 1.82) is 0 Å². The van der Waals surface area contributed by atoms with E-state index >= 15 is 0 Å². The third-order valence-corrected chi connectivity index (χ3v) is 1.44. The normalized spacial score (nSPS) is 9.80. The molecule has 1 amide bonds. The van der Waals surface area contributed by atoms with Crippen molar-refractivity contribution in [3.63, 3.8) is 0 Å². The fourth-order valence-corrected chi connectivity index (χ4v) is 0.823. The van der Waals surface area contributed by atoms with Gasteiger partial charge in [0, 0.05) is 12.1 Å². The molecule has 2 N–H and O–H groups in total. The van der Waals surface area contributed by atoms with E-state index in [0.717, 1.165) is 0 Å². The van der Waals surface area contributed by atoms with Crippen molar-refractivity contribution in [2.45, 2.75) is 0 Å². The van der Waals surface area contributed by atoms with Gasteiger partial charge in [0.2, 0.25) is 0 Å². The van der Waals surface area contributed by atoms with Gasteiger partial charge in [-0.2, -0.15) is 0 Å². The number of carboxylic acids is 1. The zero-order chi connectivity index (χ0) is 11.6. The first-order valence-electron chi connectivity index (χ1n) is 3.60. The number of carbonyl (C=O) groups is 2. The van der Waals surface area contributed by atoms with Gasteiger partial charge in [-0.15, -0.1) is 0 Å². The van der Waals surface area contributed by atoms with E-state index in [-0.39, 0.29) is 6.07 Å². The summed E-state index contributed by atoms with van der Waals surface area (Å²) in [6, 6.07) is 0.741. The molecule has 0 unspecified atom stereocenters. The second-order valence-electron chi connectivity index (χ2n) is 2.51. The molecule has 1 aromatic rings. The minimum Gasteiger partial charge on any atom is -0.474 e. The Labute approximate surface area is 81.3 Å². The maximum Gasteiger partial charge on any atom is 0.394 e. The summed E-state index contributed by atoms with van der Waals surface area (Å²) in [6.07, 6.45) is 0. The number of aliphatic carboxylic acids is 1. The third-order valence-electron chi connectivity index (χ3n) is 1.44. The van der Waals surface area contributed by atoms with Crippen molar-refractivity contribution in [2.24, 2.45) is 0 Å². The van der Waals surface area contributed by atoms with Crippen LogP contribution in [0.3, 0.4) is 0 Å². The highest BCUT2D eigenvalue weighted by Gasteiger charge is 2.17. The minimum absolute atomic E-state index is 0.270. The summed E-state index contributed by atoms with van der Waals surface area (Å²) in [5.74, 6) is -7.64. The number of hydrogen-bond acceptors (Lipinski definition) is 2. The van der Waals surface area contributed by atoms with Crippen molar-refractivity contribution in [1.82, 2.24) is 0 Å². The van der Waals surface area contributed by atoms with E-state index in [2.05, 4.69) is 0 Å². The van der Waals surface area contributed by atoms with E-state index in [9.17, 15) is 22.8 Å². The number of carboxylic acid groups (broad SMARTS) is 1. The minimum atomic E-state index is -1.89. The van der Waals surface area contributed by atoms with Gasteiger partial charge in [0.15, 0.2) is 11.6 Å². The van der Waals surface area contributed by atoms with Gasteiger partial charge >= 0.3 is 11.9 Å². The van der Waals surface area contributed by atoms with Crippen molar-refractivity contribution in [3.8, 4) is 0 Å². The lowest BCUT2D eigenvalue weighted by Gasteiger charge is -2.04. The van der Waals surface area contributed by atoms with Crippen LogP contribution in [0.2, 0.25) is 0 Å². The predicted octanol–water partition coefficient (Wildman–Crippen LogP) is 1.13. The molecule has 0 aliphatic carbocycles. The molecule has 0 aromatic heterocycles. The van der Waals surface area contributed by atoms with E-state index in [1.807, 2.05) is 0 Å². The Balaban J connectivity index is 3.05. The summed E-state index contributed by atoms with van der Waals surface area (Å²) < 4.78 is 38.0. The van der Waals surface area contributed by atoms with Crippen molar-refractivity contribution in [3.05, 3.63) is 29.6 Å². The summed E-state index contributed by atoms with van der Waals surface area (Å²) in [4.78, 5) is 20.6. The molecule has 0 spiro atoms. The molecule has 0 heterocycles. The Morgan fingerprint density at radius 1 is 1.20 bits per heavy atom. The molecule has 0 saturated heterocycles. The molecule has 15 heavy (non-hydrogen) atoms. The maximum absolute atomic E-state index is 12.9. The van der Waals surface area contributed by atoms with Crippen LogP contribution in [0.4, 0.5) is 18.9 Å². The number of benzene rings is 1. The van der Waals surface area contributed by atoms with Crippen LogP contribution in [-0.2, 0) is 9.59 Å². The first-order chi connectivity index (χ1) is 6.91. The fourth-order valence-electron chi connectivity index (χ4n) is 0.823. The first kappa shape index (κ1) is 11.0. The van der Waals surface area contributed by atoms with Crippen molar-refractivity contribution in [2.75, 3.05) is 5.32 Å². The van der Waals surface area contributed by atoms with Crippen LogP contribution in [0.15, 0.2) is 12.1 Å². The molecule has 1 rings (SSSR count). The van der Waals surface area contributed by atoms with Crippen LogP contribution in [0.25, 0.3) is 0 Å². The first-order valence-corrected chi connectivity index (χ1v) is 3.60. The van der Waals surface area contributed by atoms with Crippen LogP contribution < -0.4 is 5.32 Å². The highest BCUT2D eigenvalue weighted by molar-refractivity contribution is 6.36. The summed E-state index contributed by atoms with van der Waals surface area (Å²) in [6.45, 7) is 0. The van der Waals surface area contributed by atoms with Crippen LogP contribution in [-0.4, -0.2) is 17.0 Å². The Hall–Kier alpha value is -2.05. The van der Waals surface area contributed by atoms with Gasteiger partial charge in [-0.1, -0.05) is 0 Å². The molecule has 0 aliphatic rings.